The molecule has 0 aliphatic rings. The van der Waals surface area contributed by atoms with Crippen LogP contribution in [0.4, 0.5) is 10.1 Å². The van der Waals surface area contributed by atoms with Crippen LogP contribution in [-0.2, 0) is 10.0 Å². The van der Waals surface area contributed by atoms with E-state index in [-0.39, 0.29) is 6.54 Å². The lowest BCUT2D eigenvalue weighted by atomic mass is 10.3. The lowest BCUT2D eigenvalue weighted by Crippen LogP contribution is -2.28. The first-order valence-corrected chi connectivity index (χ1v) is 5.92. The van der Waals surface area contributed by atoms with Crippen molar-refractivity contribution in [2.45, 2.75) is 6.92 Å². The van der Waals surface area contributed by atoms with Crippen LogP contribution in [0.5, 0.6) is 0 Å². The summed E-state index contributed by atoms with van der Waals surface area (Å²) in [6, 6.07) is 5.43. The Kier molecular flexibility index (Phi) is 3.47. The summed E-state index contributed by atoms with van der Waals surface area (Å²) < 4.78 is 37.1. The van der Waals surface area contributed by atoms with Crippen LogP contribution in [-0.4, -0.2) is 15.0 Å². The Morgan fingerprint density at radius 2 is 2.20 bits per heavy atom. The molecule has 0 radical (unpaired) electrons. The molecule has 1 rings (SSSR count). The van der Waals surface area contributed by atoms with Gasteiger partial charge in [-0.1, -0.05) is 12.6 Å². The SMILES string of the molecule is C=CS(=O)(=O)N(CC)c1cccc(F)c1. The molecule has 0 aliphatic carbocycles. The highest BCUT2D eigenvalue weighted by molar-refractivity contribution is 7.95. The summed E-state index contributed by atoms with van der Waals surface area (Å²) in [7, 11) is -3.55. The van der Waals surface area contributed by atoms with Crippen LogP contribution in [0.3, 0.4) is 0 Å². The van der Waals surface area contributed by atoms with Crippen LogP contribution in [0.1, 0.15) is 6.92 Å². The molecule has 0 aromatic heterocycles. The van der Waals surface area contributed by atoms with Gasteiger partial charge in [-0.2, -0.15) is 0 Å². The topological polar surface area (TPSA) is 37.4 Å². The van der Waals surface area contributed by atoms with E-state index in [9.17, 15) is 12.8 Å². The van der Waals surface area contributed by atoms with Gasteiger partial charge in [0, 0.05) is 12.0 Å². The van der Waals surface area contributed by atoms with Gasteiger partial charge in [-0.05, 0) is 25.1 Å². The third kappa shape index (κ3) is 2.56. The number of halogens is 1. The van der Waals surface area contributed by atoms with Crippen molar-refractivity contribution in [1.82, 2.24) is 0 Å². The number of hydrogen-bond acceptors (Lipinski definition) is 2. The first-order chi connectivity index (χ1) is 7.01. The molecule has 0 amide bonds. The number of sulfonamides is 1. The van der Waals surface area contributed by atoms with Crippen molar-refractivity contribution in [1.29, 1.82) is 0 Å². The van der Waals surface area contributed by atoms with Crippen LogP contribution >= 0.6 is 0 Å². The number of hydrogen-bond donors (Lipinski definition) is 0. The van der Waals surface area contributed by atoms with Gasteiger partial charge >= 0.3 is 0 Å². The third-order valence-corrected chi connectivity index (χ3v) is 3.41. The minimum atomic E-state index is -3.55. The van der Waals surface area contributed by atoms with Crippen LogP contribution in [0, 0.1) is 5.82 Å². The van der Waals surface area contributed by atoms with E-state index in [0.717, 1.165) is 9.71 Å². The Labute approximate surface area is 88.9 Å². The van der Waals surface area contributed by atoms with Crippen LogP contribution in [0.15, 0.2) is 36.3 Å². The minimum Gasteiger partial charge on any atom is -0.267 e. The van der Waals surface area contributed by atoms with Gasteiger partial charge < -0.3 is 0 Å². The average Bonchev–Trinajstić information content (AvgIpc) is 2.18. The fourth-order valence-corrected chi connectivity index (χ4v) is 2.18. The first kappa shape index (κ1) is 11.7. The predicted octanol–water partition coefficient (Wildman–Crippen LogP) is 2.13. The van der Waals surface area contributed by atoms with Crippen LogP contribution in [0.2, 0.25) is 0 Å². The number of rotatable bonds is 4. The molecule has 82 valence electrons. The number of nitrogens with zero attached hydrogens (tertiary/aromatic N) is 1. The fourth-order valence-electron chi connectivity index (χ4n) is 1.23. The average molecular weight is 229 g/mol. The summed E-state index contributed by atoms with van der Waals surface area (Å²) >= 11 is 0. The maximum atomic E-state index is 12.9. The van der Waals surface area contributed by atoms with Gasteiger partial charge in [-0.3, -0.25) is 4.31 Å². The zero-order valence-electron chi connectivity index (χ0n) is 8.35. The highest BCUT2D eigenvalue weighted by Gasteiger charge is 2.17. The van der Waals surface area contributed by atoms with E-state index in [0.29, 0.717) is 5.69 Å². The van der Waals surface area contributed by atoms with Crippen molar-refractivity contribution in [2.24, 2.45) is 0 Å². The van der Waals surface area contributed by atoms with E-state index in [2.05, 4.69) is 6.58 Å². The summed E-state index contributed by atoms with van der Waals surface area (Å²) in [5, 5.41) is 0.849. The second kappa shape index (κ2) is 4.44. The predicted molar refractivity (Wildman–Crippen MR) is 58.5 cm³/mol. The summed E-state index contributed by atoms with van der Waals surface area (Å²) in [4.78, 5) is 0. The van der Waals surface area contributed by atoms with Crippen molar-refractivity contribution < 1.29 is 12.8 Å². The molecular formula is C10H12FNO2S. The van der Waals surface area contributed by atoms with Gasteiger partial charge in [0.15, 0.2) is 0 Å². The zero-order chi connectivity index (χ0) is 11.5. The molecule has 0 N–H and O–H groups in total. The fraction of sp³-hybridized carbons (Fsp3) is 0.200. The summed E-state index contributed by atoms with van der Waals surface area (Å²) in [6.07, 6.45) is 0. The van der Waals surface area contributed by atoms with E-state index >= 15 is 0 Å². The molecular weight excluding hydrogens is 217 g/mol. The third-order valence-electron chi connectivity index (χ3n) is 1.90. The standard InChI is InChI=1S/C10H12FNO2S/c1-3-12(15(13,14)4-2)10-7-5-6-9(11)8-10/h4-8H,2-3H2,1H3. The molecule has 15 heavy (non-hydrogen) atoms. The Hall–Kier alpha value is -1.36. The monoisotopic (exact) mass is 229 g/mol. The Balaban J connectivity index is 3.20. The zero-order valence-corrected chi connectivity index (χ0v) is 9.17. The molecule has 0 saturated carbocycles. The molecule has 0 heterocycles. The maximum Gasteiger partial charge on any atom is 0.256 e. The Bertz CT molecular complexity index is 456. The second-order valence-electron chi connectivity index (χ2n) is 2.86. The van der Waals surface area contributed by atoms with Gasteiger partial charge in [-0.15, -0.1) is 0 Å². The lowest BCUT2D eigenvalue weighted by Gasteiger charge is -2.20. The van der Waals surface area contributed by atoms with Crippen molar-refractivity contribution in [3.05, 3.63) is 42.1 Å². The molecule has 0 saturated heterocycles. The van der Waals surface area contributed by atoms with Crippen molar-refractivity contribution in [2.75, 3.05) is 10.8 Å². The summed E-state index contributed by atoms with van der Waals surface area (Å²) in [5.41, 5.74) is 0.303. The second-order valence-corrected chi connectivity index (χ2v) is 4.66. The maximum absolute atomic E-state index is 12.9. The van der Waals surface area contributed by atoms with E-state index in [4.69, 9.17) is 0 Å². The van der Waals surface area contributed by atoms with Crippen LogP contribution < -0.4 is 4.31 Å². The van der Waals surface area contributed by atoms with Gasteiger partial charge in [0.05, 0.1) is 5.69 Å². The molecule has 0 fully saturated rings. The number of anilines is 1. The largest absolute Gasteiger partial charge is 0.267 e. The number of benzene rings is 1. The molecule has 0 aliphatic heterocycles. The van der Waals surface area contributed by atoms with E-state index in [1.165, 1.54) is 24.3 Å². The van der Waals surface area contributed by atoms with Crippen molar-refractivity contribution in [3.63, 3.8) is 0 Å². The first-order valence-electron chi connectivity index (χ1n) is 4.42. The minimum absolute atomic E-state index is 0.234. The van der Waals surface area contributed by atoms with E-state index in [1.807, 2.05) is 0 Å². The van der Waals surface area contributed by atoms with Gasteiger partial charge in [0.1, 0.15) is 5.82 Å². The lowest BCUT2D eigenvalue weighted by molar-refractivity contribution is 0.600. The quantitative estimate of drug-likeness (QED) is 0.793. The molecule has 5 heteroatoms. The smallest absolute Gasteiger partial charge is 0.256 e. The normalized spacial score (nSPS) is 11.1. The molecule has 1 aromatic carbocycles. The Morgan fingerprint density at radius 3 is 2.67 bits per heavy atom. The van der Waals surface area contributed by atoms with Crippen molar-refractivity contribution >= 4 is 15.7 Å². The van der Waals surface area contributed by atoms with E-state index in [1.54, 1.807) is 6.92 Å². The van der Waals surface area contributed by atoms with Gasteiger partial charge in [0.25, 0.3) is 10.0 Å². The van der Waals surface area contributed by atoms with Crippen LogP contribution in [0.25, 0.3) is 0 Å². The molecule has 3 nitrogen and oxygen atoms in total. The highest BCUT2D eigenvalue weighted by Crippen LogP contribution is 2.19. The molecule has 0 unspecified atom stereocenters. The van der Waals surface area contributed by atoms with Gasteiger partial charge in [0.2, 0.25) is 0 Å². The Morgan fingerprint density at radius 1 is 1.53 bits per heavy atom. The van der Waals surface area contributed by atoms with E-state index < -0.39 is 15.8 Å². The summed E-state index contributed by atoms with van der Waals surface area (Å²) in [6.45, 7) is 5.13. The molecule has 1 aromatic rings. The molecule has 0 spiro atoms. The molecule has 0 atom stereocenters. The highest BCUT2D eigenvalue weighted by atomic mass is 32.2. The van der Waals surface area contributed by atoms with Gasteiger partial charge in [-0.25, -0.2) is 12.8 Å². The summed E-state index contributed by atoms with van der Waals surface area (Å²) in [5.74, 6) is -0.467. The molecule has 0 bridgehead atoms. The van der Waals surface area contributed by atoms with Crippen molar-refractivity contribution in [3.8, 4) is 0 Å².